The number of carbonyl (C=O) groups is 1. The molecule has 1 aliphatic heterocycles. The number of ether oxygens (including phenoxy) is 2. The SMILES string of the molecule is CC(C)C(=O)OOc1cccc2c1OCO2. The van der Waals surface area contributed by atoms with Crippen LogP contribution in [0.5, 0.6) is 17.2 Å². The zero-order chi connectivity index (χ0) is 11.5. The van der Waals surface area contributed by atoms with Crippen molar-refractivity contribution in [2.45, 2.75) is 13.8 Å². The quantitative estimate of drug-likeness (QED) is 0.579. The standard InChI is InChI=1S/C11H12O5/c1-7(2)11(12)16-15-9-5-3-4-8-10(9)14-6-13-8/h3-5,7H,6H2,1-2H3. The molecule has 5 heteroatoms. The molecular formula is C11H12O5. The predicted molar refractivity (Wildman–Crippen MR) is 54.1 cm³/mol. The number of rotatable bonds is 3. The van der Waals surface area contributed by atoms with E-state index in [-0.39, 0.29) is 12.7 Å². The van der Waals surface area contributed by atoms with E-state index in [0.29, 0.717) is 17.2 Å². The third-order valence-electron chi connectivity index (χ3n) is 2.05. The van der Waals surface area contributed by atoms with Gasteiger partial charge in [0.2, 0.25) is 18.3 Å². The van der Waals surface area contributed by atoms with Crippen LogP contribution in [0.25, 0.3) is 0 Å². The Morgan fingerprint density at radius 1 is 1.38 bits per heavy atom. The largest absolute Gasteiger partial charge is 0.453 e. The van der Waals surface area contributed by atoms with Gasteiger partial charge < -0.3 is 9.47 Å². The smallest absolute Gasteiger partial charge is 0.357 e. The van der Waals surface area contributed by atoms with Crippen LogP contribution in [-0.4, -0.2) is 12.8 Å². The Balaban J connectivity index is 2.05. The highest BCUT2D eigenvalue weighted by Gasteiger charge is 2.20. The maximum atomic E-state index is 11.2. The van der Waals surface area contributed by atoms with Gasteiger partial charge in [0.05, 0.1) is 5.92 Å². The Morgan fingerprint density at radius 3 is 2.94 bits per heavy atom. The molecule has 2 rings (SSSR count). The zero-order valence-corrected chi connectivity index (χ0v) is 9.06. The Labute approximate surface area is 92.8 Å². The fraction of sp³-hybridized carbons (Fsp3) is 0.364. The minimum absolute atomic E-state index is 0.147. The summed E-state index contributed by atoms with van der Waals surface area (Å²) in [6.45, 7) is 3.59. The Bertz CT molecular complexity index is 399. The summed E-state index contributed by atoms with van der Waals surface area (Å²) < 4.78 is 10.3. The maximum Gasteiger partial charge on any atom is 0.357 e. The first-order valence-electron chi connectivity index (χ1n) is 4.95. The van der Waals surface area contributed by atoms with Gasteiger partial charge in [-0.2, -0.15) is 0 Å². The maximum absolute atomic E-state index is 11.2. The molecule has 0 bridgehead atoms. The molecule has 86 valence electrons. The second-order valence-electron chi connectivity index (χ2n) is 3.63. The molecular weight excluding hydrogens is 212 g/mol. The second-order valence-corrected chi connectivity index (χ2v) is 3.63. The fourth-order valence-corrected chi connectivity index (χ4v) is 1.15. The molecule has 1 aliphatic rings. The lowest BCUT2D eigenvalue weighted by atomic mass is 10.2. The van der Waals surface area contributed by atoms with Crippen LogP contribution in [0.3, 0.4) is 0 Å². The Hall–Kier alpha value is -1.91. The minimum atomic E-state index is -0.434. The van der Waals surface area contributed by atoms with E-state index < -0.39 is 5.97 Å². The van der Waals surface area contributed by atoms with Crippen LogP contribution in [-0.2, 0) is 9.68 Å². The van der Waals surface area contributed by atoms with Crippen molar-refractivity contribution in [2.75, 3.05) is 6.79 Å². The van der Waals surface area contributed by atoms with Crippen molar-refractivity contribution in [2.24, 2.45) is 5.92 Å². The third kappa shape index (κ3) is 2.03. The van der Waals surface area contributed by atoms with Gasteiger partial charge in [-0.15, -0.1) is 0 Å². The molecule has 16 heavy (non-hydrogen) atoms. The summed E-state index contributed by atoms with van der Waals surface area (Å²) in [4.78, 5) is 20.8. The van der Waals surface area contributed by atoms with Crippen LogP contribution < -0.4 is 14.4 Å². The molecule has 5 nitrogen and oxygen atoms in total. The number of hydrogen-bond donors (Lipinski definition) is 0. The van der Waals surface area contributed by atoms with Gasteiger partial charge in [0.1, 0.15) is 0 Å². The molecule has 0 aliphatic carbocycles. The molecule has 0 radical (unpaired) electrons. The van der Waals surface area contributed by atoms with Gasteiger partial charge in [-0.25, -0.2) is 4.79 Å². The van der Waals surface area contributed by atoms with E-state index in [1.165, 1.54) is 0 Å². The van der Waals surface area contributed by atoms with E-state index in [1.54, 1.807) is 32.0 Å². The van der Waals surface area contributed by atoms with Gasteiger partial charge in [-0.1, -0.05) is 19.9 Å². The second kappa shape index (κ2) is 4.30. The van der Waals surface area contributed by atoms with E-state index in [4.69, 9.17) is 14.4 Å². The highest BCUT2D eigenvalue weighted by atomic mass is 17.2. The van der Waals surface area contributed by atoms with Gasteiger partial charge in [-0.3, -0.25) is 9.78 Å². The topological polar surface area (TPSA) is 54.0 Å². The summed E-state index contributed by atoms with van der Waals surface area (Å²) in [5.41, 5.74) is 0. The van der Waals surface area contributed by atoms with E-state index in [1.807, 2.05) is 0 Å². The molecule has 0 saturated carbocycles. The van der Waals surface area contributed by atoms with Crippen molar-refractivity contribution >= 4 is 5.97 Å². The molecule has 0 atom stereocenters. The average molecular weight is 224 g/mol. The van der Waals surface area contributed by atoms with Crippen LogP contribution in [0.1, 0.15) is 13.8 Å². The number of para-hydroxylation sites is 1. The minimum Gasteiger partial charge on any atom is -0.453 e. The van der Waals surface area contributed by atoms with E-state index in [0.717, 1.165) is 0 Å². The molecule has 1 heterocycles. The summed E-state index contributed by atoms with van der Waals surface area (Å²) in [5.74, 6) is 0.701. The van der Waals surface area contributed by atoms with Gasteiger partial charge in [0.25, 0.3) is 0 Å². The van der Waals surface area contributed by atoms with Crippen LogP contribution in [0.15, 0.2) is 18.2 Å². The molecule has 0 amide bonds. The molecule has 0 saturated heterocycles. The van der Waals surface area contributed by atoms with Crippen LogP contribution in [0.2, 0.25) is 0 Å². The molecule has 0 aromatic heterocycles. The Kier molecular flexibility index (Phi) is 2.85. The molecule has 1 aromatic rings. The normalized spacial score (nSPS) is 12.7. The monoisotopic (exact) mass is 224 g/mol. The lowest BCUT2D eigenvalue weighted by Crippen LogP contribution is -2.14. The number of hydrogen-bond acceptors (Lipinski definition) is 5. The van der Waals surface area contributed by atoms with Crippen molar-refractivity contribution in [3.05, 3.63) is 18.2 Å². The number of carbonyl (C=O) groups excluding carboxylic acids is 1. The van der Waals surface area contributed by atoms with Crippen molar-refractivity contribution in [3.63, 3.8) is 0 Å². The predicted octanol–water partition coefficient (Wildman–Crippen LogP) is 1.91. The highest BCUT2D eigenvalue weighted by molar-refractivity contribution is 5.71. The summed E-state index contributed by atoms with van der Waals surface area (Å²) in [7, 11) is 0. The lowest BCUT2D eigenvalue weighted by molar-refractivity contribution is -0.218. The first-order chi connectivity index (χ1) is 7.68. The van der Waals surface area contributed by atoms with Crippen LogP contribution in [0, 0.1) is 5.92 Å². The van der Waals surface area contributed by atoms with E-state index >= 15 is 0 Å². The molecule has 0 spiro atoms. The summed E-state index contributed by atoms with van der Waals surface area (Å²) in [6, 6.07) is 5.12. The van der Waals surface area contributed by atoms with Gasteiger partial charge in [0.15, 0.2) is 5.75 Å². The van der Waals surface area contributed by atoms with Gasteiger partial charge >= 0.3 is 5.97 Å². The number of fused-ring (bicyclic) bond motifs is 1. The zero-order valence-electron chi connectivity index (χ0n) is 9.06. The molecule has 0 unspecified atom stereocenters. The van der Waals surface area contributed by atoms with Crippen LogP contribution >= 0.6 is 0 Å². The van der Waals surface area contributed by atoms with E-state index in [2.05, 4.69) is 4.89 Å². The van der Waals surface area contributed by atoms with Gasteiger partial charge in [-0.05, 0) is 12.1 Å². The summed E-state index contributed by atoms with van der Waals surface area (Å²) >= 11 is 0. The fourth-order valence-electron chi connectivity index (χ4n) is 1.15. The highest BCUT2D eigenvalue weighted by Crippen LogP contribution is 2.40. The van der Waals surface area contributed by atoms with E-state index in [9.17, 15) is 4.79 Å². The molecule has 0 fully saturated rings. The number of benzene rings is 1. The third-order valence-corrected chi connectivity index (χ3v) is 2.05. The molecule has 0 N–H and O–H groups in total. The van der Waals surface area contributed by atoms with Crippen molar-refractivity contribution in [1.82, 2.24) is 0 Å². The van der Waals surface area contributed by atoms with Crippen molar-refractivity contribution < 1.29 is 24.0 Å². The average Bonchev–Trinajstić information content (AvgIpc) is 2.73. The summed E-state index contributed by atoms with van der Waals surface area (Å²) in [6.07, 6.45) is 0. The lowest BCUT2D eigenvalue weighted by Gasteiger charge is -2.07. The molecule has 1 aromatic carbocycles. The van der Waals surface area contributed by atoms with Crippen molar-refractivity contribution in [3.8, 4) is 17.2 Å². The van der Waals surface area contributed by atoms with Crippen LogP contribution in [0.4, 0.5) is 0 Å². The van der Waals surface area contributed by atoms with Gasteiger partial charge in [0, 0.05) is 0 Å². The summed E-state index contributed by atoms with van der Waals surface area (Å²) in [5, 5.41) is 0. The first kappa shape index (κ1) is 10.6. The Morgan fingerprint density at radius 2 is 2.19 bits per heavy atom. The van der Waals surface area contributed by atoms with Crippen molar-refractivity contribution in [1.29, 1.82) is 0 Å². The first-order valence-corrected chi connectivity index (χ1v) is 4.95.